The molecule has 1 aromatic heterocycles. The third-order valence-electron chi connectivity index (χ3n) is 4.54. The van der Waals surface area contributed by atoms with Crippen molar-refractivity contribution in [3.63, 3.8) is 0 Å². The standard InChI is InChI=1S/C20H23N3O3/c1-2-10-21-19(24)20(25)22-13-17(18-8-5-12-26-18)23-11-9-15-6-3-4-7-16(15)14-23/h2-8,12,17H,1,9-11,13-14H2,(H,21,24)(H,22,25). The van der Waals surface area contributed by atoms with Gasteiger partial charge in [-0.15, -0.1) is 6.58 Å². The van der Waals surface area contributed by atoms with Crippen molar-refractivity contribution in [3.8, 4) is 0 Å². The van der Waals surface area contributed by atoms with Crippen LogP contribution in [0.25, 0.3) is 0 Å². The number of furan rings is 1. The lowest BCUT2D eigenvalue weighted by atomic mass is 9.98. The number of hydrogen-bond donors (Lipinski definition) is 2. The first-order valence-corrected chi connectivity index (χ1v) is 8.70. The second-order valence-electron chi connectivity index (χ2n) is 6.23. The van der Waals surface area contributed by atoms with Gasteiger partial charge in [-0.3, -0.25) is 14.5 Å². The Bertz CT molecular complexity index is 770. The van der Waals surface area contributed by atoms with E-state index in [1.165, 1.54) is 17.2 Å². The van der Waals surface area contributed by atoms with Crippen molar-refractivity contribution in [1.82, 2.24) is 15.5 Å². The van der Waals surface area contributed by atoms with Gasteiger partial charge in [-0.2, -0.15) is 0 Å². The molecule has 26 heavy (non-hydrogen) atoms. The molecule has 0 aliphatic carbocycles. The Morgan fingerprint density at radius 1 is 1.15 bits per heavy atom. The van der Waals surface area contributed by atoms with E-state index in [2.05, 4.69) is 40.3 Å². The van der Waals surface area contributed by atoms with Gasteiger partial charge in [0.1, 0.15) is 5.76 Å². The summed E-state index contributed by atoms with van der Waals surface area (Å²) in [4.78, 5) is 26.0. The molecule has 0 saturated carbocycles. The molecule has 0 saturated heterocycles. The predicted octanol–water partition coefficient (Wildman–Crippen LogP) is 1.80. The molecule has 1 atom stereocenters. The number of fused-ring (bicyclic) bond motifs is 1. The fourth-order valence-corrected chi connectivity index (χ4v) is 3.19. The minimum absolute atomic E-state index is 0.130. The Kier molecular flexibility index (Phi) is 5.86. The number of hydrogen-bond acceptors (Lipinski definition) is 4. The Labute approximate surface area is 152 Å². The van der Waals surface area contributed by atoms with E-state index in [1.54, 1.807) is 6.26 Å². The molecule has 0 bridgehead atoms. The molecule has 2 aromatic rings. The first-order valence-electron chi connectivity index (χ1n) is 8.70. The van der Waals surface area contributed by atoms with Gasteiger partial charge in [-0.25, -0.2) is 0 Å². The minimum Gasteiger partial charge on any atom is -0.468 e. The van der Waals surface area contributed by atoms with Gasteiger partial charge in [-0.1, -0.05) is 30.3 Å². The van der Waals surface area contributed by atoms with Crippen LogP contribution in [0.15, 0.2) is 59.7 Å². The van der Waals surface area contributed by atoms with Crippen molar-refractivity contribution in [2.45, 2.75) is 19.0 Å². The van der Waals surface area contributed by atoms with Gasteiger partial charge in [0.15, 0.2) is 0 Å². The molecular weight excluding hydrogens is 330 g/mol. The van der Waals surface area contributed by atoms with Crippen molar-refractivity contribution in [2.24, 2.45) is 0 Å². The Morgan fingerprint density at radius 3 is 2.65 bits per heavy atom. The third kappa shape index (κ3) is 4.21. The van der Waals surface area contributed by atoms with Crippen LogP contribution in [0.5, 0.6) is 0 Å². The molecule has 0 fully saturated rings. The molecule has 136 valence electrons. The van der Waals surface area contributed by atoms with E-state index in [0.717, 1.165) is 25.3 Å². The van der Waals surface area contributed by atoms with E-state index >= 15 is 0 Å². The second-order valence-corrected chi connectivity index (χ2v) is 6.23. The highest BCUT2D eigenvalue weighted by molar-refractivity contribution is 6.35. The maximum atomic E-state index is 12.0. The monoisotopic (exact) mass is 353 g/mol. The molecule has 2 heterocycles. The van der Waals surface area contributed by atoms with Crippen LogP contribution in [0.4, 0.5) is 0 Å². The van der Waals surface area contributed by atoms with Gasteiger partial charge in [-0.05, 0) is 29.7 Å². The number of carbonyl (C=O) groups is 2. The zero-order chi connectivity index (χ0) is 18.4. The van der Waals surface area contributed by atoms with Crippen molar-refractivity contribution >= 4 is 11.8 Å². The Morgan fingerprint density at radius 2 is 1.92 bits per heavy atom. The van der Waals surface area contributed by atoms with Crippen molar-refractivity contribution in [2.75, 3.05) is 19.6 Å². The van der Waals surface area contributed by atoms with E-state index in [-0.39, 0.29) is 12.6 Å². The molecule has 0 radical (unpaired) electrons. The molecule has 6 nitrogen and oxygen atoms in total. The predicted molar refractivity (Wildman–Crippen MR) is 98.2 cm³/mol. The van der Waals surface area contributed by atoms with Crippen LogP contribution >= 0.6 is 0 Å². The van der Waals surface area contributed by atoms with Crippen LogP contribution in [-0.4, -0.2) is 36.3 Å². The number of benzene rings is 1. The maximum Gasteiger partial charge on any atom is 0.309 e. The van der Waals surface area contributed by atoms with Crippen molar-refractivity contribution in [1.29, 1.82) is 0 Å². The van der Waals surface area contributed by atoms with Gasteiger partial charge in [0.05, 0.1) is 12.3 Å². The van der Waals surface area contributed by atoms with E-state index in [0.29, 0.717) is 6.54 Å². The van der Waals surface area contributed by atoms with E-state index < -0.39 is 11.8 Å². The first kappa shape index (κ1) is 17.9. The lowest BCUT2D eigenvalue weighted by molar-refractivity contribution is -0.139. The fourth-order valence-electron chi connectivity index (χ4n) is 3.19. The number of nitrogens with one attached hydrogen (secondary N) is 2. The number of nitrogens with zero attached hydrogens (tertiary/aromatic N) is 1. The minimum atomic E-state index is -0.660. The third-order valence-corrected chi connectivity index (χ3v) is 4.54. The average Bonchev–Trinajstić information content (AvgIpc) is 3.20. The van der Waals surface area contributed by atoms with E-state index in [9.17, 15) is 9.59 Å². The molecule has 1 aliphatic rings. The maximum absolute atomic E-state index is 12.0. The number of carbonyl (C=O) groups excluding carboxylic acids is 2. The quantitative estimate of drug-likeness (QED) is 0.613. The summed E-state index contributed by atoms with van der Waals surface area (Å²) in [5.41, 5.74) is 2.64. The van der Waals surface area contributed by atoms with Gasteiger partial charge < -0.3 is 15.1 Å². The highest BCUT2D eigenvalue weighted by Crippen LogP contribution is 2.27. The van der Waals surface area contributed by atoms with Crippen molar-refractivity contribution in [3.05, 3.63) is 72.2 Å². The van der Waals surface area contributed by atoms with Crippen LogP contribution in [0.3, 0.4) is 0 Å². The molecule has 1 aromatic carbocycles. The van der Waals surface area contributed by atoms with Crippen LogP contribution < -0.4 is 10.6 Å². The summed E-state index contributed by atoms with van der Waals surface area (Å²) >= 11 is 0. The molecule has 1 aliphatic heterocycles. The van der Waals surface area contributed by atoms with Crippen LogP contribution in [0.2, 0.25) is 0 Å². The molecule has 3 rings (SSSR count). The summed E-state index contributed by atoms with van der Waals surface area (Å²) in [5, 5.41) is 5.19. The fraction of sp³-hybridized carbons (Fsp3) is 0.300. The molecular formula is C20H23N3O3. The van der Waals surface area contributed by atoms with Crippen LogP contribution in [0.1, 0.15) is 22.9 Å². The smallest absolute Gasteiger partial charge is 0.309 e. The summed E-state index contributed by atoms with van der Waals surface area (Å²) in [5.74, 6) is -0.538. The largest absolute Gasteiger partial charge is 0.468 e. The Balaban J connectivity index is 1.68. The zero-order valence-corrected chi connectivity index (χ0v) is 14.6. The SMILES string of the molecule is C=CCNC(=O)C(=O)NCC(c1ccco1)N1CCc2ccccc2C1. The molecule has 6 heteroatoms. The zero-order valence-electron chi connectivity index (χ0n) is 14.6. The summed E-state index contributed by atoms with van der Waals surface area (Å²) < 4.78 is 5.59. The van der Waals surface area contributed by atoms with Gasteiger partial charge in [0, 0.05) is 26.2 Å². The number of amides is 2. The van der Waals surface area contributed by atoms with Gasteiger partial charge in [0.25, 0.3) is 0 Å². The summed E-state index contributed by atoms with van der Waals surface area (Å²) in [7, 11) is 0. The molecule has 2 N–H and O–H groups in total. The number of rotatable bonds is 6. The van der Waals surface area contributed by atoms with Gasteiger partial charge in [0.2, 0.25) is 0 Å². The molecule has 1 unspecified atom stereocenters. The lowest BCUT2D eigenvalue weighted by Gasteiger charge is -2.34. The highest BCUT2D eigenvalue weighted by atomic mass is 16.3. The van der Waals surface area contributed by atoms with E-state index in [1.807, 2.05) is 18.2 Å². The topological polar surface area (TPSA) is 74.6 Å². The molecule has 0 spiro atoms. The van der Waals surface area contributed by atoms with Gasteiger partial charge >= 0.3 is 11.8 Å². The summed E-state index contributed by atoms with van der Waals surface area (Å²) in [6.07, 6.45) is 4.10. The lowest BCUT2D eigenvalue weighted by Crippen LogP contribution is -2.45. The summed E-state index contributed by atoms with van der Waals surface area (Å²) in [6, 6.07) is 12.0. The van der Waals surface area contributed by atoms with Crippen LogP contribution in [-0.2, 0) is 22.6 Å². The van der Waals surface area contributed by atoms with Crippen LogP contribution in [0, 0.1) is 0 Å². The first-order chi connectivity index (χ1) is 12.7. The second kappa shape index (κ2) is 8.49. The summed E-state index contributed by atoms with van der Waals surface area (Å²) in [6.45, 7) is 5.72. The Hall–Kier alpha value is -2.86. The van der Waals surface area contributed by atoms with E-state index in [4.69, 9.17) is 4.42 Å². The normalized spacial score (nSPS) is 14.9. The average molecular weight is 353 g/mol. The highest BCUT2D eigenvalue weighted by Gasteiger charge is 2.27. The molecule has 2 amide bonds. The van der Waals surface area contributed by atoms with Crippen molar-refractivity contribution < 1.29 is 14.0 Å².